The van der Waals surface area contributed by atoms with Crippen molar-refractivity contribution in [3.8, 4) is 0 Å². The number of carbonyl (C=O) groups is 1. The van der Waals surface area contributed by atoms with E-state index in [4.69, 9.17) is 0 Å². The summed E-state index contributed by atoms with van der Waals surface area (Å²) in [5, 5.41) is 0. The lowest BCUT2D eigenvalue weighted by Crippen LogP contribution is -2.51. The number of rotatable bonds is 2. The van der Waals surface area contributed by atoms with Gasteiger partial charge < -0.3 is 4.90 Å². The first-order valence-corrected chi connectivity index (χ1v) is 8.40. The molecule has 2 fully saturated rings. The van der Waals surface area contributed by atoms with Crippen molar-refractivity contribution >= 4 is 11.6 Å². The van der Waals surface area contributed by atoms with Crippen LogP contribution in [0.1, 0.15) is 44.6 Å². The molecule has 1 aliphatic carbocycles. The highest BCUT2D eigenvalue weighted by atomic mass is 16.2. The number of piperidine rings is 1. The number of likely N-dealkylation sites (N-methyl/N-ethyl adjacent to an activating group) is 1. The highest BCUT2D eigenvalue weighted by Gasteiger charge is 2.53. The summed E-state index contributed by atoms with van der Waals surface area (Å²) < 4.78 is 0. The van der Waals surface area contributed by atoms with E-state index in [0.717, 1.165) is 26.1 Å². The molecule has 3 nitrogen and oxygen atoms in total. The van der Waals surface area contributed by atoms with Crippen LogP contribution >= 0.6 is 0 Å². The second-order valence-electron chi connectivity index (χ2n) is 6.86. The van der Waals surface area contributed by atoms with Crippen molar-refractivity contribution in [2.24, 2.45) is 0 Å². The van der Waals surface area contributed by atoms with E-state index in [0.29, 0.717) is 11.3 Å². The van der Waals surface area contributed by atoms with Gasteiger partial charge in [-0.1, -0.05) is 31.5 Å². The van der Waals surface area contributed by atoms with Crippen LogP contribution in [0.4, 0.5) is 5.69 Å². The molecule has 21 heavy (non-hydrogen) atoms. The maximum Gasteiger partial charge on any atom is 0.244 e. The van der Waals surface area contributed by atoms with Gasteiger partial charge in [0.05, 0.1) is 6.04 Å². The first kappa shape index (κ1) is 13.3. The van der Waals surface area contributed by atoms with E-state index >= 15 is 0 Å². The summed E-state index contributed by atoms with van der Waals surface area (Å²) in [5.41, 5.74) is 2.90. The third kappa shape index (κ3) is 2.02. The molecular weight excluding hydrogens is 260 g/mol. The van der Waals surface area contributed by atoms with E-state index in [-0.39, 0.29) is 6.04 Å². The Labute approximate surface area is 126 Å². The minimum Gasteiger partial charge on any atom is -0.310 e. The van der Waals surface area contributed by atoms with Gasteiger partial charge in [-0.3, -0.25) is 9.69 Å². The molecule has 1 unspecified atom stereocenters. The van der Waals surface area contributed by atoms with Crippen LogP contribution in [0.25, 0.3) is 0 Å². The van der Waals surface area contributed by atoms with Crippen molar-refractivity contribution in [1.29, 1.82) is 0 Å². The van der Waals surface area contributed by atoms with Crippen LogP contribution in [0.3, 0.4) is 0 Å². The van der Waals surface area contributed by atoms with Gasteiger partial charge in [0.1, 0.15) is 0 Å². The Balaban J connectivity index is 1.63. The normalized spacial score (nSPS) is 26.9. The van der Waals surface area contributed by atoms with E-state index in [1.807, 2.05) is 0 Å². The maximum absolute atomic E-state index is 13.1. The van der Waals surface area contributed by atoms with Crippen LogP contribution in [0, 0.1) is 0 Å². The minimum atomic E-state index is 0.103. The zero-order valence-corrected chi connectivity index (χ0v) is 12.8. The molecule has 3 heteroatoms. The molecule has 4 rings (SSSR count). The predicted octanol–water partition coefficient (Wildman–Crippen LogP) is 2.94. The van der Waals surface area contributed by atoms with Crippen molar-refractivity contribution in [2.45, 2.75) is 50.5 Å². The minimum absolute atomic E-state index is 0.103. The number of fused-ring (bicyclic) bond motifs is 2. The van der Waals surface area contributed by atoms with Crippen LogP contribution < -0.4 is 4.90 Å². The third-order valence-corrected chi connectivity index (χ3v) is 5.65. The Hall–Kier alpha value is -1.35. The molecule has 1 saturated heterocycles. The Morgan fingerprint density at radius 3 is 2.86 bits per heavy atom. The molecule has 2 aliphatic heterocycles. The quantitative estimate of drug-likeness (QED) is 0.833. The molecule has 0 aromatic heterocycles. The molecule has 1 aromatic rings. The van der Waals surface area contributed by atoms with Crippen molar-refractivity contribution in [2.75, 3.05) is 24.5 Å². The van der Waals surface area contributed by atoms with Gasteiger partial charge in [0.25, 0.3) is 0 Å². The fourth-order valence-corrected chi connectivity index (χ4v) is 4.23. The Morgan fingerprint density at radius 1 is 1.29 bits per heavy atom. The molecule has 112 valence electrons. The summed E-state index contributed by atoms with van der Waals surface area (Å²) in [6.45, 7) is 5.15. The van der Waals surface area contributed by atoms with Crippen LogP contribution in [0.5, 0.6) is 0 Å². The van der Waals surface area contributed by atoms with Crippen LogP contribution in [-0.4, -0.2) is 36.5 Å². The summed E-state index contributed by atoms with van der Waals surface area (Å²) in [5.74, 6) is 0.341. The molecule has 1 saturated carbocycles. The summed E-state index contributed by atoms with van der Waals surface area (Å²) in [6, 6.07) is 8.66. The number of carbonyl (C=O) groups excluding carboxylic acids is 1. The number of anilines is 1. The molecule has 0 radical (unpaired) electrons. The smallest absolute Gasteiger partial charge is 0.244 e. The lowest BCUT2D eigenvalue weighted by molar-refractivity contribution is -0.124. The zero-order valence-electron chi connectivity index (χ0n) is 12.8. The topological polar surface area (TPSA) is 23.6 Å². The highest BCUT2D eigenvalue weighted by molar-refractivity contribution is 6.00. The summed E-state index contributed by atoms with van der Waals surface area (Å²) in [6.07, 6.45) is 5.94. The molecule has 2 heterocycles. The molecule has 1 aromatic carbocycles. The number of hydrogen-bond acceptors (Lipinski definition) is 2. The summed E-state index contributed by atoms with van der Waals surface area (Å²) >= 11 is 0. The van der Waals surface area contributed by atoms with Crippen molar-refractivity contribution in [1.82, 2.24) is 4.90 Å². The first-order valence-electron chi connectivity index (χ1n) is 8.40. The number of para-hydroxylation sites is 1. The van der Waals surface area contributed by atoms with Gasteiger partial charge in [-0.25, -0.2) is 0 Å². The van der Waals surface area contributed by atoms with E-state index < -0.39 is 0 Å². The lowest BCUT2D eigenvalue weighted by atomic mass is 9.99. The first-order chi connectivity index (χ1) is 10.2. The molecule has 1 atom stereocenters. The fraction of sp³-hybridized carbons (Fsp3) is 0.611. The molecule has 1 amide bonds. The van der Waals surface area contributed by atoms with E-state index in [2.05, 4.69) is 41.0 Å². The van der Waals surface area contributed by atoms with Crippen molar-refractivity contribution in [3.05, 3.63) is 29.8 Å². The SMILES string of the molecule is CCN1CCCCC1C(=O)N1CC2(CC2)c2ccccc21. The lowest BCUT2D eigenvalue weighted by Gasteiger charge is -2.36. The monoisotopic (exact) mass is 284 g/mol. The molecular formula is C18H24N2O. The van der Waals surface area contributed by atoms with Gasteiger partial charge >= 0.3 is 0 Å². The number of hydrogen-bond donors (Lipinski definition) is 0. The van der Waals surface area contributed by atoms with Crippen molar-refractivity contribution in [3.63, 3.8) is 0 Å². The fourth-order valence-electron chi connectivity index (χ4n) is 4.23. The molecule has 0 bridgehead atoms. The van der Waals surface area contributed by atoms with Crippen molar-refractivity contribution < 1.29 is 4.79 Å². The molecule has 0 N–H and O–H groups in total. The molecule has 1 spiro atoms. The average Bonchev–Trinajstić information content (AvgIpc) is 3.25. The van der Waals surface area contributed by atoms with Gasteiger partial charge in [0.15, 0.2) is 0 Å². The van der Waals surface area contributed by atoms with E-state index in [1.54, 1.807) is 0 Å². The number of benzene rings is 1. The maximum atomic E-state index is 13.1. The highest BCUT2D eigenvalue weighted by Crippen LogP contribution is 2.56. The van der Waals surface area contributed by atoms with Crippen LogP contribution in [-0.2, 0) is 10.2 Å². The van der Waals surface area contributed by atoms with Gasteiger partial charge in [0, 0.05) is 17.6 Å². The zero-order chi connectivity index (χ0) is 14.4. The number of likely N-dealkylation sites (tertiary alicyclic amines) is 1. The van der Waals surface area contributed by atoms with E-state index in [9.17, 15) is 4.79 Å². The average molecular weight is 284 g/mol. The number of amides is 1. The van der Waals surface area contributed by atoms with E-state index in [1.165, 1.54) is 36.9 Å². The Morgan fingerprint density at radius 2 is 2.10 bits per heavy atom. The number of nitrogens with zero attached hydrogens (tertiary/aromatic N) is 2. The Bertz CT molecular complexity index is 564. The standard InChI is InChI=1S/C18H24N2O/c1-2-19-12-6-5-9-16(19)17(21)20-13-18(10-11-18)14-7-3-4-8-15(14)20/h3-4,7-8,16H,2,5-6,9-13H2,1H3. The third-order valence-electron chi connectivity index (χ3n) is 5.65. The largest absolute Gasteiger partial charge is 0.310 e. The second kappa shape index (κ2) is 4.84. The van der Waals surface area contributed by atoms with Gasteiger partial charge in [-0.15, -0.1) is 0 Å². The summed E-state index contributed by atoms with van der Waals surface area (Å²) in [7, 11) is 0. The van der Waals surface area contributed by atoms with Crippen LogP contribution in [0.15, 0.2) is 24.3 Å². The van der Waals surface area contributed by atoms with Gasteiger partial charge in [-0.05, 0) is 50.4 Å². The Kier molecular flexibility index (Phi) is 3.07. The predicted molar refractivity (Wildman–Crippen MR) is 84.6 cm³/mol. The second-order valence-corrected chi connectivity index (χ2v) is 6.86. The molecule has 3 aliphatic rings. The van der Waals surface area contributed by atoms with Crippen LogP contribution in [0.2, 0.25) is 0 Å². The summed E-state index contributed by atoms with van der Waals surface area (Å²) in [4.78, 5) is 17.6. The van der Waals surface area contributed by atoms with Gasteiger partial charge in [-0.2, -0.15) is 0 Å². The van der Waals surface area contributed by atoms with Gasteiger partial charge in [0.2, 0.25) is 5.91 Å².